The summed E-state index contributed by atoms with van der Waals surface area (Å²) in [5.41, 5.74) is 8.24. The van der Waals surface area contributed by atoms with Crippen LogP contribution in [0.5, 0.6) is 5.75 Å². The van der Waals surface area contributed by atoms with Crippen molar-refractivity contribution in [3.63, 3.8) is 0 Å². The Labute approximate surface area is 102 Å². The first-order valence-corrected chi connectivity index (χ1v) is 6.05. The molecule has 1 aromatic carbocycles. The number of methoxy groups -OCH3 is 1. The number of benzene rings is 1. The van der Waals surface area contributed by atoms with Gasteiger partial charge in [-0.1, -0.05) is 18.0 Å². The highest BCUT2D eigenvalue weighted by Crippen LogP contribution is 2.47. The van der Waals surface area contributed by atoms with Crippen LogP contribution in [0.3, 0.4) is 0 Å². The van der Waals surface area contributed by atoms with Gasteiger partial charge in [0, 0.05) is 17.0 Å². The molecule has 88 valence electrons. The average Bonchev–Trinajstić information content (AvgIpc) is 2.23. The zero-order valence-corrected chi connectivity index (χ0v) is 10.6. The van der Waals surface area contributed by atoms with Crippen molar-refractivity contribution in [3.05, 3.63) is 28.3 Å². The number of hydrogen-bond donors (Lipinski definition) is 1. The molecule has 0 aromatic heterocycles. The Kier molecular flexibility index (Phi) is 3.13. The van der Waals surface area contributed by atoms with Gasteiger partial charge in [0.2, 0.25) is 0 Å². The maximum absolute atomic E-state index is 6.39. The third-order valence-corrected chi connectivity index (χ3v) is 4.24. The SMILES string of the molecule is COc1cc(C)c(Cl)c(C2(CN)CCC2)c1. The van der Waals surface area contributed by atoms with Crippen LogP contribution in [0, 0.1) is 6.92 Å². The first kappa shape index (κ1) is 11.7. The highest BCUT2D eigenvalue weighted by molar-refractivity contribution is 6.32. The summed E-state index contributed by atoms with van der Waals surface area (Å²) in [5.74, 6) is 0.872. The highest BCUT2D eigenvalue weighted by atomic mass is 35.5. The van der Waals surface area contributed by atoms with Crippen LogP contribution in [-0.4, -0.2) is 13.7 Å². The van der Waals surface area contributed by atoms with Gasteiger partial charge < -0.3 is 10.5 Å². The molecule has 0 aliphatic heterocycles. The second kappa shape index (κ2) is 4.27. The molecule has 0 bridgehead atoms. The lowest BCUT2D eigenvalue weighted by Crippen LogP contribution is -2.41. The lowest BCUT2D eigenvalue weighted by Gasteiger charge is -2.42. The monoisotopic (exact) mass is 239 g/mol. The van der Waals surface area contributed by atoms with Crippen molar-refractivity contribution in [2.75, 3.05) is 13.7 Å². The lowest BCUT2D eigenvalue weighted by atomic mass is 9.64. The maximum Gasteiger partial charge on any atom is 0.119 e. The molecule has 1 fully saturated rings. The molecule has 2 N–H and O–H groups in total. The third-order valence-electron chi connectivity index (χ3n) is 3.74. The van der Waals surface area contributed by atoms with Gasteiger partial charge in [0.15, 0.2) is 0 Å². The van der Waals surface area contributed by atoms with E-state index in [2.05, 4.69) is 0 Å². The lowest BCUT2D eigenvalue weighted by molar-refractivity contribution is 0.252. The summed E-state index contributed by atoms with van der Waals surface area (Å²) in [7, 11) is 1.68. The van der Waals surface area contributed by atoms with Crippen LogP contribution in [0.25, 0.3) is 0 Å². The van der Waals surface area contributed by atoms with Crippen molar-refractivity contribution in [1.82, 2.24) is 0 Å². The summed E-state index contributed by atoms with van der Waals surface area (Å²) in [6.07, 6.45) is 3.51. The van der Waals surface area contributed by atoms with E-state index in [0.717, 1.165) is 29.2 Å². The summed E-state index contributed by atoms with van der Waals surface area (Å²) in [6, 6.07) is 4.01. The standard InChI is InChI=1S/C13H18ClNO/c1-9-6-10(16-2)7-11(12(9)14)13(8-15)4-3-5-13/h6-7H,3-5,8,15H2,1-2H3. The van der Waals surface area contributed by atoms with Crippen LogP contribution in [0.4, 0.5) is 0 Å². The molecule has 0 amide bonds. The summed E-state index contributed by atoms with van der Waals surface area (Å²) < 4.78 is 5.30. The fourth-order valence-corrected chi connectivity index (χ4v) is 2.74. The molecule has 2 nitrogen and oxygen atoms in total. The van der Waals surface area contributed by atoms with Crippen molar-refractivity contribution in [2.24, 2.45) is 5.73 Å². The first-order chi connectivity index (χ1) is 7.63. The Balaban J connectivity index is 2.50. The fourth-order valence-electron chi connectivity index (χ4n) is 2.43. The van der Waals surface area contributed by atoms with E-state index in [0.29, 0.717) is 6.54 Å². The van der Waals surface area contributed by atoms with Gasteiger partial charge in [-0.05, 0) is 43.0 Å². The van der Waals surface area contributed by atoms with E-state index in [1.54, 1.807) is 7.11 Å². The second-order valence-corrected chi connectivity index (χ2v) is 5.02. The van der Waals surface area contributed by atoms with Gasteiger partial charge in [-0.25, -0.2) is 0 Å². The molecular weight excluding hydrogens is 222 g/mol. The molecule has 0 heterocycles. The van der Waals surface area contributed by atoms with E-state index in [1.165, 1.54) is 12.0 Å². The van der Waals surface area contributed by atoms with Crippen molar-refractivity contribution in [1.29, 1.82) is 0 Å². The topological polar surface area (TPSA) is 35.2 Å². The smallest absolute Gasteiger partial charge is 0.119 e. The second-order valence-electron chi connectivity index (χ2n) is 4.64. The predicted octanol–water partition coefficient (Wildman–Crippen LogP) is 3.04. The number of halogens is 1. The van der Waals surface area contributed by atoms with Crippen LogP contribution in [0.15, 0.2) is 12.1 Å². The normalized spacial score (nSPS) is 18.0. The van der Waals surface area contributed by atoms with Crippen LogP contribution in [0.1, 0.15) is 30.4 Å². The zero-order chi connectivity index (χ0) is 11.8. The molecule has 0 atom stereocenters. The molecule has 1 aliphatic carbocycles. The van der Waals surface area contributed by atoms with Crippen molar-refractivity contribution < 1.29 is 4.74 Å². The number of nitrogens with two attached hydrogens (primary N) is 1. The number of hydrogen-bond acceptors (Lipinski definition) is 2. The van der Waals surface area contributed by atoms with Crippen LogP contribution < -0.4 is 10.5 Å². The molecule has 2 rings (SSSR count). The molecule has 1 saturated carbocycles. The third kappa shape index (κ3) is 1.70. The Morgan fingerprint density at radius 3 is 2.56 bits per heavy atom. The van der Waals surface area contributed by atoms with Gasteiger partial charge in [0.25, 0.3) is 0 Å². The number of rotatable bonds is 3. The van der Waals surface area contributed by atoms with E-state index < -0.39 is 0 Å². The van der Waals surface area contributed by atoms with Gasteiger partial charge in [-0.3, -0.25) is 0 Å². The Hall–Kier alpha value is -0.730. The van der Waals surface area contributed by atoms with Crippen molar-refractivity contribution in [3.8, 4) is 5.75 Å². The minimum Gasteiger partial charge on any atom is -0.497 e. The minimum atomic E-state index is 0.0936. The van der Waals surface area contributed by atoms with Crippen LogP contribution in [0.2, 0.25) is 5.02 Å². The molecule has 0 unspecified atom stereocenters. The van der Waals surface area contributed by atoms with Crippen LogP contribution in [-0.2, 0) is 5.41 Å². The number of aryl methyl sites for hydroxylation is 1. The van der Waals surface area contributed by atoms with E-state index in [4.69, 9.17) is 22.1 Å². The molecule has 0 saturated heterocycles. The summed E-state index contributed by atoms with van der Waals surface area (Å²) in [4.78, 5) is 0. The van der Waals surface area contributed by atoms with E-state index in [-0.39, 0.29) is 5.41 Å². The number of ether oxygens (including phenoxy) is 1. The molecule has 16 heavy (non-hydrogen) atoms. The largest absolute Gasteiger partial charge is 0.497 e. The van der Waals surface area contributed by atoms with E-state index in [9.17, 15) is 0 Å². The molecule has 0 spiro atoms. The first-order valence-electron chi connectivity index (χ1n) is 5.67. The Morgan fingerprint density at radius 1 is 1.44 bits per heavy atom. The van der Waals surface area contributed by atoms with Crippen molar-refractivity contribution in [2.45, 2.75) is 31.6 Å². The quantitative estimate of drug-likeness (QED) is 0.880. The molecule has 3 heteroatoms. The molecule has 1 aromatic rings. The van der Waals surface area contributed by atoms with Crippen molar-refractivity contribution >= 4 is 11.6 Å². The van der Waals surface area contributed by atoms with Gasteiger partial charge in [-0.15, -0.1) is 0 Å². The summed E-state index contributed by atoms with van der Waals surface area (Å²) in [5, 5.41) is 0.853. The fraction of sp³-hybridized carbons (Fsp3) is 0.538. The van der Waals surface area contributed by atoms with Gasteiger partial charge in [0.05, 0.1) is 7.11 Å². The Morgan fingerprint density at radius 2 is 2.12 bits per heavy atom. The molecule has 0 radical (unpaired) electrons. The highest BCUT2D eigenvalue weighted by Gasteiger charge is 2.39. The van der Waals surface area contributed by atoms with Gasteiger partial charge in [-0.2, -0.15) is 0 Å². The Bertz CT molecular complexity index is 394. The molecular formula is C13H18ClNO. The summed E-state index contributed by atoms with van der Waals surface area (Å²) in [6.45, 7) is 2.68. The van der Waals surface area contributed by atoms with Crippen LogP contribution >= 0.6 is 11.6 Å². The minimum absolute atomic E-state index is 0.0936. The zero-order valence-electron chi connectivity index (χ0n) is 9.85. The predicted molar refractivity (Wildman–Crippen MR) is 67.3 cm³/mol. The van der Waals surface area contributed by atoms with Gasteiger partial charge >= 0.3 is 0 Å². The summed E-state index contributed by atoms with van der Waals surface area (Å²) >= 11 is 6.39. The van der Waals surface area contributed by atoms with E-state index >= 15 is 0 Å². The molecule has 1 aliphatic rings. The van der Waals surface area contributed by atoms with E-state index in [1.807, 2.05) is 19.1 Å². The maximum atomic E-state index is 6.39. The average molecular weight is 240 g/mol. The van der Waals surface area contributed by atoms with Gasteiger partial charge in [0.1, 0.15) is 5.75 Å².